The van der Waals surface area contributed by atoms with Crippen LogP contribution in [0.25, 0.3) is 0 Å². The number of likely N-dealkylation sites (tertiary alicyclic amines) is 1. The van der Waals surface area contributed by atoms with Crippen molar-refractivity contribution >= 4 is 23.5 Å². The molecule has 24 heavy (non-hydrogen) atoms. The van der Waals surface area contributed by atoms with E-state index < -0.39 is 5.60 Å². The van der Waals surface area contributed by atoms with Crippen LogP contribution >= 0.6 is 11.3 Å². The largest absolute Gasteiger partial charge is 0.390 e. The number of hydrazone groups is 1. The van der Waals surface area contributed by atoms with Gasteiger partial charge in [-0.2, -0.15) is 5.10 Å². The Hall–Kier alpha value is -1.47. The molecule has 3 rings (SSSR count). The quantitative estimate of drug-likeness (QED) is 0.883. The summed E-state index contributed by atoms with van der Waals surface area (Å²) in [6, 6.07) is 0.280. The van der Waals surface area contributed by atoms with Crippen LogP contribution in [0, 0.1) is 0 Å². The normalized spacial score (nSPS) is 24.4. The number of amides is 1. The van der Waals surface area contributed by atoms with Crippen molar-refractivity contribution in [1.82, 2.24) is 14.9 Å². The van der Waals surface area contributed by atoms with E-state index in [0.717, 1.165) is 17.8 Å². The van der Waals surface area contributed by atoms with Gasteiger partial charge in [0, 0.05) is 56.7 Å². The van der Waals surface area contributed by atoms with Gasteiger partial charge in [0.1, 0.15) is 0 Å². The molecule has 6 nitrogen and oxygen atoms in total. The zero-order valence-electron chi connectivity index (χ0n) is 14.4. The van der Waals surface area contributed by atoms with Gasteiger partial charge in [0.05, 0.1) is 16.7 Å². The highest BCUT2D eigenvalue weighted by atomic mass is 32.1. The summed E-state index contributed by atoms with van der Waals surface area (Å²) in [5.74, 6) is 0.323. The summed E-state index contributed by atoms with van der Waals surface area (Å²) in [5.41, 5.74) is -0.676. The molecule has 0 spiro atoms. The van der Waals surface area contributed by atoms with Gasteiger partial charge in [-0.05, 0) is 19.3 Å². The van der Waals surface area contributed by atoms with Gasteiger partial charge in [0.15, 0.2) is 0 Å². The van der Waals surface area contributed by atoms with Gasteiger partial charge in [-0.3, -0.25) is 9.80 Å². The van der Waals surface area contributed by atoms with Crippen molar-refractivity contribution in [2.75, 3.05) is 20.1 Å². The third kappa shape index (κ3) is 3.95. The second-order valence-electron chi connectivity index (χ2n) is 7.05. The molecule has 0 aliphatic carbocycles. The number of aliphatic hydroxyl groups is 1. The first-order chi connectivity index (χ1) is 11.5. The second-order valence-corrected chi connectivity index (χ2v) is 7.97. The minimum Gasteiger partial charge on any atom is -0.390 e. The Bertz CT molecular complexity index is 581. The van der Waals surface area contributed by atoms with Crippen molar-refractivity contribution in [3.8, 4) is 0 Å². The zero-order chi connectivity index (χ0) is 17.2. The van der Waals surface area contributed by atoms with Crippen LogP contribution in [0.5, 0.6) is 0 Å². The number of rotatable bonds is 5. The summed E-state index contributed by atoms with van der Waals surface area (Å²) in [6.45, 7) is 3.32. The Balaban J connectivity index is 1.48. The average molecular weight is 350 g/mol. The molecule has 2 aliphatic heterocycles. The van der Waals surface area contributed by atoms with Crippen molar-refractivity contribution in [2.24, 2.45) is 5.10 Å². The summed E-state index contributed by atoms with van der Waals surface area (Å²) in [5, 5.41) is 20.0. The molecule has 2 aliphatic rings. The Morgan fingerprint density at radius 1 is 1.50 bits per heavy atom. The van der Waals surface area contributed by atoms with Gasteiger partial charge >= 0.3 is 0 Å². The van der Waals surface area contributed by atoms with Gasteiger partial charge in [-0.15, -0.1) is 11.3 Å². The van der Waals surface area contributed by atoms with Gasteiger partial charge in [0.25, 0.3) is 0 Å². The van der Waals surface area contributed by atoms with E-state index in [2.05, 4.69) is 10.1 Å². The van der Waals surface area contributed by atoms with Crippen LogP contribution in [0.1, 0.15) is 50.0 Å². The minimum atomic E-state index is -0.676. The molecule has 0 radical (unpaired) electrons. The van der Waals surface area contributed by atoms with E-state index in [4.69, 9.17) is 0 Å². The van der Waals surface area contributed by atoms with E-state index in [1.54, 1.807) is 17.5 Å². The molecule has 0 aromatic carbocycles. The van der Waals surface area contributed by atoms with Crippen molar-refractivity contribution in [1.29, 1.82) is 0 Å². The molecule has 0 saturated carbocycles. The number of carbonyl (C=O) groups excluding carboxylic acids is 1. The number of nitrogens with zero attached hydrogens (tertiary/aromatic N) is 4. The van der Waals surface area contributed by atoms with E-state index in [9.17, 15) is 9.90 Å². The fraction of sp³-hybridized carbons (Fsp3) is 0.706. The smallest absolute Gasteiger partial charge is 0.223 e. The first-order valence-electron chi connectivity index (χ1n) is 8.62. The first-order valence-corrected chi connectivity index (χ1v) is 9.50. The van der Waals surface area contributed by atoms with Crippen LogP contribution in [0.2, 0.25) is 0 Å². The molecule has 1 saturated heterocycles. The lowest BCUT2D eigenvalue weighted by atomic mass is 9.84. The van der Waals surface area contributed by atoms with Crippen LogP contribution < -0.4 is 0 Å². The van der Waals surface area contributed by atoms with Gasteiger partial charge in [-0.1, -0.05) is 6.92 Å². The van der Waals surface area contributed by atoms with Crippen molar-refractivity contribution in [3.63, 3.8) is 0 Å². The molecule has 1 N–H and O–H groups in total. The SMILES string of the molecule is CC(CC(=O)N1CCC(O)(CC2CC=NN2C)CC1)c1nccs1. The predicted molar refractivity (Wildman–Crippen MR) is 95.2 cm³/mol. The van der Waals surface area contributed by atoms with Crippen molar-refractivity contribution in [3.05, 3.63) is 16.6 Å². The lowest BCUT2D eigenvalue weighted by Gasteiger charge is -2.40. The maximum absolute atomic E-state index is 12.5. The molecule has 1 aromatic heterocycles. The lowest BCUT2D eigenvalue weighted by Crippen LogP contribution is -2.49. The summed E-state index contributed by atoms with van der Waals surface area (Å²) in [7, 11) is 1.95. The minimum absolute atomic E-state index is 0.155. The highest BCUT2D eigenvalue weighted by Crippen LogP contribution is 2.31. The van der Waals surface area contributed by atoms with E-state index in [-0.39, 0.29) is 17.9 Å². The Morgan fingerprint density at radius 2 is 2.25 bits per heavy atom. The van der Waals surface area contributed by atoms with Gasteiger partial charge in [0.2, 0.25) is 5.91 Å². The molecular weight excluding hydrogens is 324 g/mol. The summed E-state index contributed by atoms with van der Waals surface area (Å²) in [6.07, 6.45) is 7.10. The molecule has 0 bridgehead atoms. The first kappa shape index (κ1) is 17.4. The maximum atomic E-state index is 12.5. The van der Waals surface area contributed by atoms with Gasteiger partial charge in [-0.25, -0.2) is 4.98 Å². The number of aromatic nitrogens is 1. The fourth-order valence-corrected chi connectivity index (χ4v) is 4.23. The summed E-state index contributed by atoms with van der Waals surface area (Å²) >= 11 is 1.60. The molecule has 2 atom stereocenters. The van der Waals surface area contributed by atoms with Gasteiger partial charge < -0.3 is 10.0 Å². The monoisotopic (exact) mass is 350 g/mol. The molecule has 1 amide bonds. The molecule has 3 heterocycles. The number of hydrogen-bond donors (Lipinski definition) is 1. The fourth-order valence-electron chi connectivity index (χ4n) is 3.53. The van der Waals surface area contributed by atoms with Crippen LogP contribution in [-0.2, 0) is 4.79 Å². The molecule has 1 fully saturated rings. The standard InChI is InChI=1S/C17H26N4O2S/c1-13(16-18-7-10-24-16)11-15(22)21-8-4-17(23,5-9-21)12-14-3-6-19-20(14)2/h6-7,10,13-14,23H,3-5,8-9,11-12H2,1-2H3. The number of carbonyl (C=O) groups is 1. The summed E-state index contributed by atoms with van der Waals surface area (Å²) < 4.78 is 0. The second kappa shape index (κ2) is 7.19. The van der Waals surface area contributed by atoms with Crippen LogP contribution in [0.15, 0.2) is 16.7 Å². The highest BCUT2D eigenvalue weighted by Gasteiger charge is 2.37. The van der Waals surface area contributed by atoms with E-state index in [1.807, 2.05) is 35.5 Å². The van der Waals surface area contributed by atoms with E-state index >= 15 is 0 Å². The average Bonchev–Trinajstić information content (AvgIpc) is 3.20. The maximum Gasteiger partial charge on any atom is 0.223 e. The van der Waals surface area contributed by atoms with Crippen LogP contribution in [0.3, 0.4) is 0 Å². The Kier molecular flexibility index (Phi) is 5.20. The molecule has 7 heteroatoms. The van der Waals surface area contributed by atoms with Crippen LogP contribution in [-0.4, -0.2) is 63.9 Å². The Labute approximate surface area is 147 Å². The topological polar surface area (TPSA) is 69.0 Å². The molecule has 2 unspecified atom stereocenters. The third-order valence-electron chi connectivity index (χ3n) is 5.19. The highest BCUT2D eigenvalue weighted by molar-refractivity contribution is 7.09. The lowest BCUT2D eigenvalue weighted by molar-refractivity contribution is -0.136. The molecule has 132 valence electrons. The van der Waals surface area contributed by atoms with Crippen LogP contribution in [0.4, 0.5) is 0 Å². The molecular formula is C17H26N4O2S. The van der Waals surface area contributed by atoms with Crippen molar-refractivity contribution in [2.45, 2.75) is 56.6 Å². The van der Waals surface area contributed by atoms with E-state index in [0.29, 0.717) is 32.4 Å². The summed E-state index contributed by atoms with van der Waals surface area (Å²) in [4.78, 5) is 18.7. The van der Waals surface area contributed by atoms with E-state index in [1.165, 1.54) is 0 Å². The van der Waals surface area contributed by atoms with Crippen molar-refractivity contribution < 1.29 is 9.90 Å². The molecule has 1 aromatic rings. The number of hydrogen-bond acceptors (Lipinski definition) is 6. The predicted octanol–water partition coefficient (Wildman–Crippen LogP) is 2.07. The third-order valence-corrected chi connectivity index (χ3v) is 6.19. The Morgan fingerprint density at radius 3 is 2.83 bits per heavy atom. The number of thiazole rings is 1. The number of piperidine rings is 1. The zero-order valence-corrected chi connectivity index (χ0v) is 15.2.